The number of benzene rings is 3. The lowest BCUT2D eigenvalue weighted by molar-refractivity contribution is 0.0735. The summed E-state index contributed by atoms with van der Waals surface area (Å²) in [7, 11) is 0. The predicted octanol–water partition coefficient (Wildman–Crippen LogP) is 6.18. The van der Waals surface area contributed by atoms with Gasteiger partial charge in [-0.05, 0) is 77.3 Å². The summed E-state index contributed by atoms with van der Waals surface area (Å²) in [6.07, 6.45) is 1.25. The van der Waals surface area contributed by atoms with Crippen molar-refractivity contribution in [2.45, 2.75) is 13.8 Å². The molecule has 4 rings (SSSR count). The summed E-state index contributed by atoms with van der Waals surface area (Å²) in [5, 5.41) is 0.325. The van der Waals surface area contributed by atoms with E-state index < -0.39 is 5.97 Å². The molecular formula is C24H17BrO5. The third kappa shape index (κ3) is 4.00. The van der Waals surface area contributed by atoms with E-state index >= 15 is 0 Å². The second kappa shape index (κ2) is 8.16. The van der Waals surface area contributed by atoms with E-state index in [9.17, 15) is 9.59 Å². The summed E-state index contributed by atoms with van der Waals surface area (Å²) < 4.78 is 17.4. The van der Waals surface area contributed by atoms with Gasteiger partial charge in [0.25, 0.3) is 0 Å². The van der Waals surface area contributed by atoms with Crippen molar-refractivity contribution in [3.63, 3.8) is 0 Å². The molecule has 6 heteroatoms. The van der Waals surface area contributed by atoms with E-state index in [1.807, 2.05) is 32.0 Å². The zero-order valence-electron chi connectivity index (χ0n) is 16.3. The molecule has 4 aromatic rings. The molecule has 0 unspecified atom stereocenters. The molecular weight excluding hydrogens is 448 g/mol. The molecule has 1 heterocycles. The van der Waals surface area contributed by atoms with E-state index in [0.717, 1.165) is 15.6 Å². The van der Waals surface area contributed by atoms with Gasteiger partial charge in [-0.3, -0.25) is 4.79 Å². The molecule has 30 heavy (non-hydrogen) atoms. The van der Waals surface area contributed by atoms with Crippen LogP contribution in [0, 0.1) is 13.8 Å². The minimum absolute atomic E-state index is 0.0641. The lowest BCUT2D eigenvalue weighted by Gasteiger charge is -2.09. The van der Waals surface area contributed by atoms with Gasteiger partial charge < -0.3 is 13.9 Å². The van der Waals surface area contributed by atoms with Gasteiger partial charge in [-0.25, -0.2) is 4.79 Å². The van der Waals surface area contributed by atoms with Gasteiger partial charge in [0.2, 0.25) is 11.2 Å². The Morgan fingerprint density at radius 2 is 1.73 bits per heavy atom. The summed E-state index contributed by atoms with van der Waals surface area (Å²) in [5.41, 5.74) is 2.53. The second-order valence-electron chi connectivity index (χ2n) is 6.81. The van der Waals surface area contributed by atoms with E-state index in [0.29, 0.717) is 22.3 Å². The summed E-state index contributed by atoms with van der Waals surface area (Å²) in [4.78, 5) is 25.2. The van der Waals surface area contributed by atoms with Crippen molar-refractivity contribution in [3.05, 3.63) is 98.3 Å². The first-order valence-electron chi connectivity index (χ1n) is 9.20. The highest BCUT2D eigenvalue weighted by Gasteiger charge is 2.14. The molecule has 0 bridgehead atoms. The lowest BCUT2D eigenvalue weighted by atomic mass is 10.1. The van der Waals surface area contributed by atoms with Crippen LogP contribution in [0.5, 0.6) is 17.2 Å². The third-order valence-corrected chi connectivity index (χ3v) is 5.38. The van der Waals surface area contributed by atoms with Crippen molar-refractivity contribution in [2.75, 3.05) is 0 Å². The van der Waals surface area contributed by atoms with Gasteiger partial charge in [-0.1, -0.05) is 18.2 Å². The fourth-order valence-corrected chi connectivity index (χ4v) is 3.27. The molecule has 0 saturated heterocycles. The molecule has 150 valence electrons. The molecule has 5 nitrogen and oxygen atoms in total. The van der Waals surface area contributed by atoms with E-state index in [1.165, 1.54) is 12.3 Å². The quantitative estimate of drug-likeness (QED) is 0.266. The first-order valence-corrected chi connectivity index (χ1v) is 9.99. The number of carbonyl (C=O) groups excluding carboxylic acids is 1. The maximum Gasteiger partial charge on any atom is 0.343 e. The zero-order chi connectivity index (χ0) is 21.3. The topological polar surface area (TPSA) is 65.7 Å². The van der Waals surface area contributed by atoms with Gasteiger partial charge in [0.05, 0.1) is 15.4 Å². The number of hydrogen-bond acceptors (Lipinski definition) is 5. The van der Waals surface area contributed by atoms with E-state index in [1.54, 1.807) is 36.4 Å². The minimum atomic E-state index is -0.478. The Hall–Kier alpha value is -3.38. The monoisotopic (exact) mass is 464 g/mol. The molecule has 0 N–H and O–H groups in total. The maximum atomic E-state index is 12.8. The highest BCUT2D eigenvalue weighted by Crippen LogP contribution is 2.29. The van der Waals surface area contributed by atoms with Crippen LogP contribution in [0.3, 0.4) is 0 Å². The Morgan fingerprint density at radius 1 is 0.933 bits per heavy atom. The Labute approximate surface area is 181 Å². The number of fused-ring (bicyclic) bond motifs is 1. The lowest BCUT2D eigenvalue weighted by Crippen LogP contribution is -2.09. The molecule has 0 spiro atoms. The fraction of sp³-hybridized carbons (Fsp3) is 0.0833. The van der Waals surface area contributed by atoms with E-state index in [-0.39, 0.29) is 16.9 Å². The summed E-state index contributed by atoms with van der Waals surface area (Å²) in [6.45, 7) is 3.91. The highest BCUT2D eigenvalue weighted by atomic mass is 79.9. The number of para-hydroxylation sites is 1. The van der Waals surface area contributed by atoms with Crippen molar-refractivity contribution < 1.29 is 18.7 Å². The smallest absolute Gasteiger partial charge is 0.343 e. The van der Waals surface area contributed by atoms with Crippen LogP contribution in [0.15, 0.2) is 80.6 Å². The van der Waals surface area contributed by atoms with Crippen LogP contribution in [0.4, 0.5) is 0 Å². The van der Waals surface area contributed by atoms with E-state index in [4.69, 9.17) is 13.9 Å². The number of esters is 1. The number of rotatable bonds is 4. The van der Waals surface area contributed by atoms with Gasteiger partial charge in [-0.2, -0.15) is 0 Å². The Balaban J connectivity index is 1.60. The van der Waals surface area contributed by atoms with E-state index in [2.05, 4.69) is 15.9 Å². The molecule has 0 fully saturated rings. The van der Waals surface area contributed by atoms with Crippen molar-refractivity contribution in [3.8, 4) is 17.2 Å². The van der Waals surface area contributed by atoms with Crippen molar-refractivity contribution in [2.24, 2.45) is 0 Å². The number of aryl methyl sites for hydroxylation is 2. The van der Waals surface area contributed by atoms with Crippen molar-refractivity contribution in [1.29, 1.82) is 0 Å². The maximum absolute atomic E-state index is 12.8. The first-order chi connectivity index (χ1) is 14.4. The Bertz CT molecular complexity index is 1320. The normalized spacial score (nSPS) is 10.8. The summed E-state index contributed by atoms with van der Waals surface area (Å²) in [6, 6.07) is 17.2. The van der Waals surface area contributed by atoms with Gasteiger partial charge in [0.1, 0.15) is 23.3 Å². The van der Waals surface area contributed by atoms with Crippen LogP contribution >= 0.6 is 15.9 Å². The molecule has 1 aromatic heterocycles. The highest BCUT2D eigenvalue weighted by molar-refractivity contribution is 9.10. The minimum Gasteiger partial charge on any atom is -0.460 e. The predicted molar refractivity (Wildman–Crippen MR) is 118 cm³/mol. The van der Waals surface area contributed by atoms with Gasteiger partial charge in [0.15, 0.2) is 0 Å². The second-order valence-corrected chi connectivity index (χ2v) is 7.66. The van der Waals surface area contributed by atoms with Gasteiger partial charge >= 0.3 is 5.97 Å². The molecule has 0 saturated carbocycles. The molecule has 0 amide bonds. The number of carbonyl (C=O) groups is 1. The SMILES string of the molecule is Cc1ccc(C(=O)Oc2ccc3c(=O)c(Oc4ccccc4Br)coc3c2)cc1C. The molecule has 0 aliphatic carbocycles. The molecule has 0 aliphatic heterocycles. The number of hydrogen-bond donors (Lipinski definition) is 0. The van der Waals surface area contributed by atoms with Crippen LogP contribution in [-0.4, -0.2) is 5.97 Å². The van der Waals surface area contributed by atoms with Crippen molar-refractivity contribution >= 4 is 32.9 Å². The molecule has 3 aromatic carbocycles. The Morgan fingerprint density at radius 3 is 2.50 bits per heavy atom. The molecule has 0 aliphatic rings. The Kier molecular flexibility index (Phi) is 5.42. The summed E-state index contributed by atoms with van der Waals surface area (Å²) >= 11 is 3.38. The average Bonchev–Trinajstić information content (AvgIpc) is 2.73. The first kappa shape index (κ1) is 19.9. The summed E-state index contributed by atoms with van der Waals surface area (Å²) in [5.74, 6) is 0.374. The van der Waals surface area contributed by atoms with Gasteiger partial charge in [0, 0.05) is 6.07 Å². The standard InChI is InChI=1S/C24H17BrO5/c1-14-7-8-16(11-15(14)2)24(27)29-17-9-10-18-21(12-17)28-13-22(23(18)26)30-20-6-4-3-5-19(20)25/h3-13H,1-2H3. The molecule has 0 radical (unpaired) electrons. The van der Waals surface area contributed by atoms with Crippen LogP contribution in [0.1, 0.15) is 21.5 Å². The van der Waals surface area contributed by atoms with Crippen LogP contribution in [0.2, 0.25) is 0 Å². The van der Waals surface area contributed by atoms with Crippen LogP contribution < -0.4 is 14.9 Å². The van der Waals surface area contributed by atoms with Crippen LogP contribution in [0.25, 0.3) is 11.0 Å². The van der Waals surface area contributed by atoms with Gasteiger partial charge in [-0.15, -0.1) is 0 Å². The third-order valence-electron chi connectivity index (χ3n) is 4.72. The average molecular weight is 465 g/mol. The van der Waals surface area contributed by atoms with Crippen molar-refractivity contribution in [1.82, 2.24) is 0 Å². The number of halogens is 1. The largest absolute Gasteiger partial charge is 0.460 e. The number of ether oxygens (including phenoxy) is 2. The molecule has 0 atom stereocenters. The zero-order valence-corrected chi connectivity index (χ0v) is 17.9. The fourth-order valence-electron chi connectivity index (χ4n) is 2.91. The van der Waals surface area contributed by atoms with Crippen LogP contribution in [-0.2, 0) is 0 Å².